The molecule has 1 aromatic carbocycles. The van der Waals surface area contributed by atoms with Gasteiger partial charge in [0.2, 0.25) is 0 Å². The Kier molecular flexibility index (Phi) is 4.22. The summed E-state index contributed by atoms with van der Waals surface area (Å²) in [6.07, 6.45) is 5.30. The third kappa shape index (κ3) is 2.37. The fourth-order valence-corrected chi connectivity index (χ4v) is 5.68. The van der Waals surface area contributed by atoms with Gasteiger partial charge in [0.1, 0.15) is 5.75 Å². The molecule has 5 heteroatoms. The van der Waals surface area contributed by atoms with Gasteiger partial charge >= 0.3 is 6.09 Å². The van der Waals surface area contributed by atoms with Crippen molar-refractivity contribution in [2.24, 2.45) is 17.8 Å². The minimum atomic E-state index is -0.909. The predicted octanol–water partition coefficient (Wildman–Crippen LogP) is 3.32. The molecule has 1 saturated carbocycles. The number of methoxy groups -OCH3 is 2. The summed E-state index contributed by atoms with van der Waals surface area (Å²) < 4.78 is 10.5. The molecule has 2 fully saturated rings. The van der Waals surface area contributed by atoms with Crippen LogP contribution in [0.15, 0.2) is 30.9 Å². The first-order chi connectivity index (χ1) is 12.5. The summed E-state index contributed by atoms with van der Waals surface area (Å²) in [4.78, 5) is 14.4. The maximum Gasteiger partial charge on any atom is 0.410 e. The Hall–Kier alpha value is -2.01. The van der Waals surface area contributed by atoms with Crippen molar-refractivity contribution < 1.29 is 19.4 Å². The van der Waals surface area contributed by atoms with Gasteiger partial charge in [-0.15, -0.1) is 6.58 Å². The zero-order valence-electron chi connectivity index (χ0n) is 15.5. The number of rotatable bonds is 2. The minimum Gasteiger partial charge on any atom is -0.497 e. The molecule has 5 atom stereocenters. The number of likely N-dealkylation sites (tertiary alicyclic amines) is 1. The molecule has 4 rings (SSSR count). The summed E-state index contributed by atoms with van der Waals surface area (Å²) in [7, 11) is 3.06. The molecule has 0 bridgehead atoms. The van der Waals surface area contributed by atoms with Crippen LogP contribution in [0, 0.1) is 17.8 Å². The summed E-state index contributed by atoms with van der Waals surface area (Å²) >= 11 is 0. The fraction of sp³-hybridized carbons (Fsp3) is 0.571. The summed E-state index contributed by atoms with van der Waals surface area (Å²) in [5.41, 5.74) is 1.48. The Labute approximate surface area is 154 Å². The van der Waals surface area contributed by atoms with Crippen LogP contribution < -0.4 is 4.74 Å². The van der Waals surface area contributed by atoms with Crippen molar-refractivity contribution in [3.05, 3.63) is 42.0 Å². The van der Waals surface area contributed by atoms with Crippen molar-refractivity contribution >= 4 is 6.09 Å². The number of hydrogen-bond acceptors (Lipinski definition) is 4. The second kappa shape index (κ2) is 6.31. The predicted molar refractivity (Wildman–Crippen MR) is 98.0 cm³/mol. The van der Waals surface area contributed by atoms with Gasteiger partial charge in [0.25, 0.3) is 0 Å². The van der Waals surface area contributed by atoms with E-state index in [4.69, 9.17) is 9.47 Å². The van der Waals surface area contributed by atoms with Crippen molar-refractivity contribution in [2.45, 2.75) is 37.3 Å². The van der Waals surface area contributed by atoms with Gasteiger partial charge in [0, 0.05) is 5.92 Å². The van der Waals surface area contributed by atoms with Crippen molar-refractivity contribution in [1.82, 2.24) is 4.90 Å². The summed E-state index contributed by atoms with van der Waals surface area (Å²) in [5.74, 6) is 1.21. The van der Waals surface area contributed by atoms with Crippen LogP contribution >= 0.6 is 0 Å². The van der Waals surface area contributed by atoms with Crippen molar-refractivity contribution in [2.75, 3.05) is 20.8 Å². The molecule has 1 N–H and O–H groups in total. The molecule has 0 aromatic heterocycles. The number of hydrogen-bond donors (Lipinski definition) is 1. The highest BCUT2D eigenvalue weighted by Crippen LogP contribution is 2.57. The number of amides is 1. The number of aliphatic hydroxyl groups is 1. The molecule has 1 aliphatic heterocycles. The second-order valence-corrected chi connectivity index (χ2v) is 7.83. The van der Waals surface area contributed by atoms with Gasteiger partial charge in [0.15, 0.2) is 0 Å². The lowest BCUT2D eigenvalue weighted by atomic mass is 9.64. The zero-order chi connectivity index (χ0) is 18.5. The minimum absolute atomic E-state index is 0.0207. The maximum absolute atomic E-state index is 12.6. The molecular formula is C21H27NO4. The first kappa shape index (κ1) is 17.4. The van der Waals surface area contributed by atoms with Gasteiger partial charge in [-0.3, -0.25) is 4.90 Å². The molecule has 1 aromatic rings. The Morgan fingerprint density at radius 3 is 2.85 bits per heavy atom. The Morgan fingerprint density at radius 1 is 1.35 bits per heavy atom. The van der Waals surface area contributed by atoms with Gasteiger partial charge in [0.05, 0.1) is 32.4 Å². The number of carbonyl (C=O) groups excluding carboxylic acids is 1. The average Bonchev–Trinajstić information content (AvgIpc) is 3.01. The highest BCUT2D eigenvalue weighted by Gasteiger charge is 2.59. The van der Waals surface area contributed by atoms with Crippen LogP contribution in [0.2, 0.25) is 0 Å². The van der Waals surface area contributed by atoms with Gasteiger partial charge in [-0.05, 0) is 60.8 Å². The number of nitrogens with zero attached hydrogens (tertiary/aromatic N) is 1. The van der Waals surface area contributed by atoms with Gasteiger partial charge in [-0.2, -0.15) is 0 Å². The van der Waals surface area contributed by atoms with Crippen molar-refractivity contribution in [1.29, 1.82) is 0 Å². The lowest BCUT2D eigenvalue weighted by molar-refractivity contribution is -0.122. The molecule has 1 heterocycles. The number of β-amino-alcohol motifs (C(OH)–C–C–N with tert-alkyl or cyclic N) is 1. The standard InChI is InChI=1S/C21H27NO4/c1-4-14-7-10-18-16-9-6-13-5-8-15(25-2)11-17(13)19(16)22(20(23)26-3)12-21(14,18)24/h4-5,8,11,14,16,18-19,24H,1,6-7,9-10,12H2,2-3H3/t14-,16+,18+,19-,21-/m0/s1. The molecule has 1 saturated heterocycles. The number of piperidine rings is 1. The number of benzene rings is 1. The van der Waals surface area contributed by atoms with E-state index in [1.54, 1.807) is 12.0 Å². The highest BCUT2D eigenvalue weighted by molar-refractivity contribution is 5.69. The molecule has 0 unspecified atom stereocenters. The fourth-order valence-electron chi connectivity index (χ4n) is 5.68. The number of carbonyl (C=O) groups is 1. The SMILES string of the molecule is C=C[C@H]1CC[C@@H]2[C@H]3CCc4ccc(OC)cc4[C@H]3N(C(=O)OC)C[C@@]21O. The Bertz CT molecular complexity index is 733. The molecule has 0 radical (unpaired) electrons. The quantitative estimate of drug-likeness (QED) is 0.825. The lowest BCUT2D eigenvalue weighted by Crippen LogP contribution is -2.61. The molecule has 0 spiro atoms. The summed E-state index contributed by atoms with van der Waals surface area (Å²) in [5, 5.41) is 11.5. The first-order valence-corrected chi connectivity index (χ1v) is 9.39. The van der Waals surface area contributed by atoms with E-state index in [9.17, 15) is 9.90 Å². The zero-order valence-corrected chi connectivity index (χ0v) is 15.5. The van der Waals surface area contributed by atoms with E-state index in [0.717, 1.165) is 37.0 Å². The average molecular weight is 357 g/mol. The van der Waals surface area contributed by atoms with E-state index in [0.29, 0.717) is 6.54 Å². The molecular weight excluding hydrogens is 330 g/mol. The summed E-state index contributed by atoms with van der Waals surface area (Å²) in [6, 6.07) is 6.05. The molecule has 2 aliphatic carbocycles. The molecule has 140 valence electrons. The van der Waals surface area contributed by atoms with Crippen LogP contribution in [-0.2, 0) is 11.2 Å². The largest absolute Gasteiger partial charge is 0.497 e. The van der Waals surface area contributed by atoms with Crippen molar-refractivity contribution in [3.63, 3.8) is 0 Å². The highest BCUT2D eigenvalue weighted by atomic mass is 16.5. The van der Waals surface area contributed by atoms with E-state index in [-0.39, 0.29) is 29.9 Å². The third-order valence-corrected chi connectivity index (χ3v) is 6.87. The van der Waals surface area contributed by atoms with Gasteiger partial charge in [-0.25, -0.2) is 4.79 Å². The maximum atomic E-state index is 12.6. The first-order valence-electron chi connectivity index (χ1n) is 9.39. The normalized spacial score (nSPS) is 35.1. The monoisotopic (exact) mass is 357 g/mol. The van der Waals surface area contributed by atoms with E-state index >= 15 is 0 Å². The number of aryl methyl sites for hydroxylation is 1. The summed E-state index contributed by atoms with van der Waals surface area (Å²) in [6.45, 7) is 4.21. The number of fused-ring (bicyclic) bond motifs is 5. The van der Waals surface area contributed by atoms with Crippen molar-refractivity contribution in [3.8, 4) is 5.75 Å². The molecule has 26 heavy (non-hydrogen) atoms. The number of ether oxygens (including phenoxy) is 2. The Balaban J connectivity index is 1.82. The lowest BCUT2D eigenvalue weighted by Gasteiger charge is -2.54. The van der Waals surface area contributed by atoms with Crippen LogP contribution in [0.5, 0.6) is 5.75 Å². The van der Waals surface area contributed by atoms with Crippen LogP contribution in [0.1, 0.15) is 36.4 Å². The van der Waals surface area contributed by atoms with E-state index in [2.05, 4.69) is 12.6 Å². The third-order valence-electron chi connectivity index (χ3n) is 6.87. The van der Waals surface area contributed by atoms with Gasteiger partial charge < -0.3 is 14.6 Å². The second-order valence-electron chi connectivity index (χ2n) is 7.83. The van der Waals surface area contributed by atoms with Crippen LogP contribution in [-0.4, -0.2) is 42.5 Å². The smallest absolute Gasteiger partial charge is 0.410 e. The Morgan fingerprint density at radius 2 is 2.15 bits per heavy atom. The van der Waals surface area contributed by atoms with Crippen LogP contribution in [0.3, 0.4) is 0 Å². The molecule has 3 aliphatic rings. The molecule has 5 nitrogen and oxygen atoms in total. The van der Waals surface area contributed by atoms with E-state index in [1.165, 1.54) is 12.7 Å². The topological polar surface area (TPSA) is 59.0 Å². The van der Waals surface area contributed by atoms with E-state index < -0.39 is 5.60 Å². The van der Waals surface area contributed by atoms with Crippen LogP contribution in [0.4, 0.5) is 4.79 Å². The van der Waals surface area contributed by atoms with E-state index in [1.807, 2.05) is 18.2 Å². The van der Waals surface area contributed by atoms with Gasteiger partial charge in [-0.1, -0.05) is 12.1 Å². The molecule has 1 amide bonds. The van der Waals surface area contributed by atoms with Crippen LogP contribution in [0.25, 0.3) is 0 Å².